The molecule has 7 nitrogen and oxygen atoms in total. The van der Waals surface area contributed by atoms with Gasteiger partial charge in [0, 0.05) is 6.42 Å². The van der Waals surface area contributed by atoms with Gasteiger partial charge in [-0.3, -0.25) is 9.38 Å². The molecular weight excluding hydrogens is 264 g/mol. The fourth-order valence-corrected chi connectivity index (χ4v) is 3.20. The molecule has 20 heavy (non-hydrogen) atoms. The van der Waals surface area contributed by atoms with Crippen LogP contribution in [0.15, 0.2) is 0 Å². The molecule has 0 aliphatic carbocycles. The topological polar surface area (TPSA) is 89.9 Å². The molecule has 2 aliphatic heterocycles. The van der Waals surface area contributed by atoms with Crippen molar-refractivity contribution in [3.63, 3.8) is 0 Å². The zero-order valence-corrected chi connectivity index (χ0v) is 12.2. The number of rotatable bonds is 1. The Morgan fingerprint density at radius 2 is 2.15 bits per heavy atom. The van der Waals surface area contributed by atoms with Crippen LogP contribution in [0.5, 0.6) is 0 Å². The predicted octanol–water partition coefficient (Wildman–Crippen LogP) is -0.470. The van der Waals surface area contributed by atoms with E-state index in [1.807, 2.05) is 20.8 Å². The van der Waals surface area contributed by atoms with Gasteiger partial charge >= 0.3 is 6.09 Å². The Balaban J connectivity index is 2.19. The molecule has 2 rings (SSSR count). The third-order valence-corrected chi connectivity index (χ3v) is 4.58. The van der Waals surface area contributed by atoms with E-state index in [4.69, 9.17) is 4.74 Å². The maximum atomic E-state index is 11.6. The summed E-state index contributed by atoms with van der Waals surface area (Å²) < 4.78 is 4.58. The molecule has 2 heterocycles. The molecule has 0 aromatic rings. The van der Waals surface area contributed by atoms with Crippen molar-refractivity contribution in [2.45, 2.75) is 44.9 Å². The highest BCUT2D eigenvalue weighted by Crippen LogP contribution is 2.32. The Hall–Kier alpha value is -1.34. The first kappa shape index (κ1) is 15.1. The molecular formula is C13H22N2O5. The number of ether oxygens (including phenoxy) is 1. The Bertz CT molecular complexity index is 419. The van der Waals surface area contributed by atoms with E-state index in [1.165, 1.54) is 4.90 Å². The molecule has 3 atom stereocenters. The first-order valence-electron chi connectivity index (χ1n) is 6.89. The second-order valence-corrected chi connectivity index (χ2v) is 6.54. The fourth-order valence-electron chi connectivity index (χ4n) is 3.20. The summed E-state index contributed by atoms with van der Waals surface area (Å²) >= 11 is 0. The number of cyclic esters (lactones) is 1. The predicted molar refractivity (Wildman–Crippen MR) is 67.6 cm³/mol. The monoisotopic (exact) mass is 286 g/mol. The van der Waals surface area contributed by atoms with Crippen molar-refractivity contribution in [1.29, 1.82) is 0 Å². The van der Waals surface area contributed by atoms with Gasteiger partial charge in [-0.2, -0.15) is 0 Å². The summed E-state index contributed by atoms with van der Waals surface area (Å²) in [5.41, 5.74) is -0.573. The number of aliphatic hydroxyl groups is 1. The highest BCUT2D eigenvalue weighted by molar-refractivity contribution is 5.69. The lowest BCUT2D eigenvalue weighted by atomic mass is 9.91. The third kappa shape index (κ3) is 2.25. The average molecular weight is 286 g/mol. The van der Waals surface area contributed by atoms with Gasteiger partial charge in [-0.15, -0.1) is 0 Å². The Morgan fingerprint density at radius 3 is 2.55 bits per heavy atom. The van der Waals surface area contributed by atoms with Crippen molar-refractivity contribution < 1.29 is 29.0 Å². The Morgan fingerprint density at radius 1 is 1.50 bits per heavy atom. The number of nitrogens with zero attached hydrogens (tertiary/aromatic N) is 2. The highest BCUT2D eigenvalue weighted by Gasteiger charge is 2.51. The second kappa shape index (κ2) is 4.89. The van der Waals surface area contributed by atoms with Crippen LogP contribution in [0.3, 0.4) is 0 Å². The lowest BCUT2D eigenvalue weighted by Crippen LogP contribution is -2.74. The number of aliphatic hydroxyl groups excluding tert-OH is 1. The number of likely N-dealkylation sites (tertiary alicyclic amines) is 1. The molecule has 0 aromatic carbocycles. The zero-order valence-electron chi connectivity index (χ0n) is 12.2. The Labute approximate surface area is 118 Å². The smallest absolute Gasteiger partial charge is 0.410 e. The van der Waals surface area contributed by atoms with Crippen LogP contribution in [0.1, 0.15) is 27.2 Å². The van der Waals surface area contributed by atoms with E-state index in [0.29, 0.717) is 26.1 Å². The van der Waals surface area contributed by atoms with E-state index in [-0.39, 0.29) is 17.1 Å². The summed E-state index contributed by atoms with van der Waals surface area (Å²) in [7, 11) is 0. The SMILES string of the molecule is CC(C)(C)[N+]1(C(=O)[O-])CCC(N2CCOC2=O)C(O)C1. The first-order chi connectivity index (χ1) is 9.19. The van der Waals surface area contributed by atoms with Crippen LogP contribution < -0.4 is 5.11 Å². The lowest BCUT2D eigenvalue weighted by Gasteiger charge is -2.53. The van der Waals surface area contributed by atoms with Gasteiger partial charge in [0.2, 0.25) is 0 Å². The molecule has 2 amide bonds. The number of amides is 2. The number of hydrogen-bond donors (Lipinski definition) is 1. The molecule has 2 fully saturated rings. The maximum Gasteiger partial charge on any atom is 0.410 e. The van der Waals surface area contributed by atoms with Gasteiger partial charge in [0.05, 0.1) is 24.7 Å². The number of carbonyl (C=O) groups is 2. The van der Waals surface area contributed by atoms with Gasteiger partial charge in [0.1, 0.15) is 19.3 Å². The molecule has 0 bridgehead atoms. The highest BCUT2D eigenvalue weighted by atomic mass is 16.6. The van der Waals surface area contributed by atoms with E-state index in [1.54, 1.807) is 0 Å². The lowest BCUT2D eigenvalue weighted by molar-refractivity contribution is -0.927. The van der Waals surface area contributed by atoms with Crippen molar-refractivity contribution in [3.05, 3.63) is 0 Å². The van der Waals surface area contributed by atoms with Gasteiger partial charge in [0.25, 0.3) is 6.09 Å². The Kier molecular flexibility index (Phi) is 3.68. The van der Waals surface area contributed by atoms with Crippen LogP contribution in [0.2, 0.25) is 0 Å². The minimum Gasteiger partial charge on any atom is -0.498 e. The largest absolute Gasteiger partial charge is 0.498 e. The van der Waals surface area contributed by atoms with Gasteiger partial charge in [-0.25, -0.2) is 4.79 Å². The molecule has 0 aromatic heterocycles. The molecule has 0 spiro atoms. The van der Waals surface area contributed by atoms with Gasteiger partial charge in [0.15, 0.2) is 0 Å². The summed E-state index contributed by atoms with van der Waals surface area (Å²) in [5, 5.41) is 21.9. The molecule has 2 saturated heterocycles. The summed E-state index contributed by atoms with van der Waals surface area (Å²) in [5.74, 6) is 0. The van der Waals surface area contributed by atoms with Gasteiger partial charge < -0.3 is 19.7 Å². The molecule has 1 N–H and O–H groups in total. The summed E-state index contributed by atoms with van der Waals surface area (Å²) in [6.07, 6.45) is -2.09. The average Bonchev–Trinajstić information content (AvgIpc) is 2.73. The number of carbonyl (C=O) groups excluding carboxylic acids is 2. The van der Waals surface area contributed by atoms with Crippen LogP contribution in [-0.2, 0) is 4.74 Å². The maximum absolute atomic E-state index is 11.6. The van der Waals surface area contributed by atoms with Crippen molar-refractivity contribution in [1.82, 2.24) is 4.90 Å². The van der Waals surface area contributed by atoms with Gasteiger partial charge in [-0.1, -0.05) is 0 Å². The molecule has 3 unspecified atom stereocenters. The van der Waals surface area contributed by atoms with E-state index < -0.39 is 23.8 Å². The van der Waals surface area contributed by atoms with Crippen LogP contribution in [-0.4, -0.2) is 70.6 Å². The summed E-state index contributed by atoms with van der Waals surface area (Å²) in [6, 6.07) is -0.377. The standard InChI is InChI=1S/C13H22N2O5/c1-13(2,3)15(12(18)19)6-4-9(10(16)8-15)14-5-7-20-11(14)17/h9-10,16H,4-8H2,1-3H3. The van der Waals surface area contributed by atoms with Crippen LogP contribution in [0, 0.1) is 0 Å². The minimum absolute atomic E-state index is 0.0419. The van der Waals surface area contributed by atoms with Crippen molar-refractivity contribution in [2.24, 2.45) is 0 Å². The first-order valence-corrected chi connectivity index (χ1v) is 6.89. The van der Waals surface area contributed by atoms with E-state index in [0.717, 1.165) is 0 Å². The van der Waals surface area contributed by atoms with E-state index >= 15 is 0 Å². The van der Waals surface area contributed by atoms with Crippen molar-refractivity contribution >= 4 is 12.2 Å². The van der Waals surface area contributed by atoms with Crippen molar-refractivity contribution in [3.8, 4) is 0 Å². The quantitative estimate of drug-likeness (QED) is 0.658. The molecule has 2 aliphatic rings. The third-order valence-electron chi connectivity index (χ3n) is 4.58. The number of quaternary nitrogens is 1. The molecule has 114 valence electrons. The number of piperidine rings is 1. The minimum atomic E-state index is -1.18. The second-order valence-electron chi connectivity index (χ2n) is 6.54. The number of hydrogen-bond acceptors (Lipinski definition) is 5. The summed E-state index contributed by atoms with van der Waals surface area (Å²) in [6.45, 7) is 6.60. The van der Waals surface area contributed by atoms with E-state index in [2.05, 4.69) is 0 Å². The van der Waals surface area contributed by atoms with Crippen LogP contribution in [0.4, 0.5) is 9.59 Å². The summed E-state index contributed by atoms with van der Waals surface area (Å²) in [4.78, 5) is 24.7. The number of carboxylic acid groups (broad SMARTS) is 1. The van der Waals surface area contributed by atoms with E-state index in [9.17, 15) is 19.8 Å². The van der Waals surface area contributed by atoms with Gasteiger partial charge in [-0.05, 0) is 20.8 Å². The van der Waals surface area contributed by atoms with Crippen molar-refractivity contribution in [2.75, 3.05) is 26.2 Å². The fraction of sp³-hybridized carbons (Fsp3) is 0.846. The zero-order chi connectivity index (χ0) is 15.1. The van der Waals surface area contributed by atoms with Crippen LogP contribution in [0.25, 0.3) is 0 Å². The molecule has 7 heteroatoms. The molecule has 0 saturated carbocycles. The van der Waals surface area contributed by atoms with Crippen LogP contribution >= 0.6 is 0 Å². The molecule has 0 radical (unpaired) electrons. The normalized spacial score (nSPS) is 35.0.